The highest BCUT2D eigenvalue weighted by atomic mass is 32.2. The van der Waals surface area contributed by atoms with E-state index in [9.17, 15) is 8.42 Å². The van der Waals surface area contributed by atoms with Crippen LogP contribution in [0, 0.1) is 13.8 Å². The molecule has 0 saturated carbocycles. The first-order chi connectivity index (χ1) is 9.42. The molecule has 0 unspecified atom stereocenters. The molecular weight excluding hydrogens is 274 g/mol. The van der Waals surface area contributed by atoms with Crippen molar-refractivity contribution in [3.8, 4) is 0 Å². The molecule has 2 N–H and O–H groups in total. The second-order valence-corrected chi connectivity index (χ2v) is 6.15. The Morgan fingerprint density at radius 2 is 1.65 bits per heavy atom. The number of aromatic nitrogens is 1. The average molecular weight is 291 g/mol. The van der Waals surface area contributed by atoms with Crippen molar-refractivity contribution >= 4 is 21.4 Å². The van der Waals surface area contributed by atoms with Crippen molar-refractivity contribution in [3.63, 3.8) is 0 Å². The molecule has 2 aromatic rings. The van der Waals surface area contributed by atoms with Gasteiger partial charge in [0.2, 0.25) is 0 Å². The van der Waals surface area contributed by atoms with Gasteiger partial charge in [0, 0.05) is 18.4 Å². The standard InChI is InChI=1S/C14H17N3O2S/c1-10-4-9-14(11(2)16-10)17-20(18,19)13-7-5-12(15-3)6-8-13/h4-9,15,17H,1-3H3. The molecule has 0 radical (unpaired) electrons. The summed E-state index contributed by atoms with van der Waals surface area (Å²) in [5.41, 5.74) is 2.86. The minimum absolute atomic E-state index is 0.219. The van der Waals surface area contributed by atoms with Gasteiger partial charge in [0.15, 0.2) is 0 Å². The molecular formula is C14H17N3O2S. The van der Waals surface area contributed by atoms with Crippen molar-refractivity contribution in [3.05, 3.63) is 47.8 Å². The van der Waals surface area contributed by atoms with Gasteiger partial charge in [-0.2, -0.15) is 0 Å². The van der Waals surface area contributed by atoms with E-state index in [1.807, 2.05) is 6.92 Å². The molecule has 1 aromatic heterocycles. The largest absolute Gasteiger partial charge is 0.388 e. The number of benzene rings is 1. The Bertz CT molecular complexity index is 710. The Labute approximate surface area is 119 Å². The molecule has 0 aliphatic heterocycles. The van der Waals surface area contributed by atoms with Crippen molar-refractivity contribution in [2.24, 2.45) is 0 Å². The van der Waals surface area contributed by atoms with Crippen LogP contribution in [0.25, 0.3) is 0 Å². The van der Waals surface area contributed by atoms with E-state index in [4.69, 9.17) is 0 Å². The van der Waals surface area contributed by atoms with Crippen molar-refractivity contribution in [1.29, 1.82) is 0 Å². The summed E-state index contributed by atoms with van der Waals surface area (Å²) in [5.74, 6) is 0. The summed E-state index contributed by atoms with van der Waals surface area (Å²) >= 11 is 0. The van der Waals surface area contributed by atoms with E-state index in [1.54, 1.807) is 50.4 Å². The smallest absolute Gasteiger partial charge is 0.261 e. The van der Waals surface area contributed by atoms with Crippen LogP contribution in [-0.2, 0) is 10.0 Å². The third-order valence-corrected chi connectivity index (χ3v) is 4.30. The van der Waals surface area contributed by atoms with Crippen LogP contribution in [0.2, 0.25) is 0 Å². The molecule has 0 bridgehead atoms. The zero-order valence-corrected chi connectivity index (χ0v) is 12.5. The molecule has 5 nitrogen and oxygen atoms in total. The molecule has 0 amide bonds. The minimum atomic E-state index is -3.59. The lowest BCUT2D eigenvalue weighted by Crippen LogP contribution is -2.14. The van der Waals surface area contributed by atoms with Crippen LogP contribution in [0.3, 0.4) is 0 Å². The van der Waals surface area contributed by atoms with Gasteiger partial charge in [-0.25, -0.2) is 8.42 Å². The van der Waals surface area contributed by atoms with E-state index in [-0.39, 0.29) is 4.90 Å². The predicted molar refractivity (Wildman–Crippen MR) is 80.5 cm³/mol. The second-order valence-electron chi connectivity index (χ2n) is 4.47. The summed E-state index contributed by atoms with van der Waals surface area (Å²) < 4.78 is 27.1. The maximum atomic E-state index is 12.3. The number of pyridine rings is 1. The van der Waals surface area contributed by atoms with Gasteiger partial charge in [-0.1, -0.05) is 0 Å². The van der Waals surface area contributed by atoms with Crippen LogP contribution in [0.4, 0.5) is 11.4 Å². The SMILES string of the molecule is CNc1ccc(S(=O)(=O)Nc2ccc(C)nc2C)cc1. The zero-order chi connectivity index (χ0) is 14.8. The number of nitrogens with one attached hydrogen (secondary N) is 2. The average Bonchev–Trinajstić information content (AvgIpc) is 2.42. The van der Waals surface area contributed by atoms with E-state index >= 15 is 0 Å². The maximum absolute atomic E-state index is 12.3. The molecule has 0 saturated heterocycles. The van der Waals surface area contributed by atoms with Crippen LogP contribution < -0.4 is 10.0 Å². The quantitative estimate of drug-likeness (QED) is 0.908. The highest BCUT2D eigenvalue weighted by molar-refractivity contribution is 7.92. The normalized spacial score (nSPS) is 11.2. The fourth-order valence-electron chi connectivity index (χ4n) is 1.80. The van der Waals surface area contributed by atoms with Crippen molar-refractivity contribution in [2.45, 2.75) is 18.7 Å². The molecule has 2 rings (SSSR count). The Morgan fingerprint density at radius 3 is 2.20 bits per heavy atom. The Balaban J connectivity index is 2.30. The zero-order valence-electron chi connectivity index (χ0n) is 11.6. The van der Waals surface area contributed by atoms with E-state index < -0.39 is 10.0 Å². The Hall–Kier alpha value is -2.08. The molecule has 1 heterocycles. The molecule has 0 atom stereocenters. The lowest BCUT2D eigenvalue weighted by molar-refractivity contribution is 0.601. The second kappa shape index (κ2) is 5.50. The number of nitrogens with zero attached hydrogens (tertiary/aromatic N) is 1. The first-order valence-electron chi connectivity index (χ1n) is 6.17. The molecule has 20 heavy (non-hydrogen) atoms. The third kappa shape index (κ3) is 3.08. The van der Waals surface area contributed by atoms with Crippen molar-refractivity contribution in [1.82, 2.24) is 4.98 Å². The predicted octanol–water partition coefficient (Wildman–Crippen LogP) is 2.54. The number of rotatable bonds is 4. The Morgan fingerprint density at radius 1 is 1.00 bits per heavy atom. The van der Waals surface area contributed by atoms with Crippen LogP contribution in [0.5, 0.6) is 0 Å². The van der Waals surface area contributed by atoms with E-state index in [0.29, 0.717) is 11.4 Å². The van der Waals surface area contributed by atoms with Crippen molar-refractivity contribution in [2.75, 3.05) is 17.1 Å². The first-order valence-corrected chi connectivity index (χ1v) is 7.65. The van der Waals surface area contributed by atoms with Gasteiger partial charge in [0.25, 0.3) is 10.0 Å². The van der Waals surface area contributed by atoms with Crippen LogP contribution in [-0.4, -0.2) is 20.4 Å². The minimum Gasteiger partial charge on any atom is -0.388 e. The lowest BCUT2D eigenvalue weighted by atomic mass is 10.3. The van der Waals surface area contributed by atoms with Gasteiger partial charge >= 0.3 is 0 Å². The van der Waals surface area contributed by atoms with Crippen LogP contribution in [0.1, 0.15) is 11.4 Å². The van der Waals surface area contributed by atoms with Gasteiger partial charge in [0.1, 0.15) is 0 Å². The molecule has 106 valence electrons. The van der Waals surface area contributed by atoms with Gasteiger partial charge in [-0.15, -0.1) is 0 Å². The summed E-state index contributed by atoms with van der Waals surface area (Å²) in [6, 6.07) is 10.0. The Kier molecular flexibility index (Phi) is 3.94. The highest BCUT2D eigenvalue weighted by Gasteiger charge is 2.15. The molecule has 0 spiro atoms. The van der Waals surface area contributed by atoms with Gasteiger partial charge < -0.3 is 5.32 Å². The van der Waals surface area contributed by atoms with E-state index in [1.165, 1.54) is 0 Å². The molecule has 0 aliphatic carbocycles. The summed E-state index contributed by atoms with van der Waals surface area (Å²) in [6.07, 6.45) is 0. The fourth-order valence-corrected chi connectivity index (χ4v) is 2.92. The first kappa shape index (κ1) is 14.3. The van der Waals surface area contributed by atoms with Crippen LogP contribution in [0.15, 0.2) is 41.3 Å². The number of sulfonamides is 1. The molecule has 0 aliphatic rings. The molecule has 6 heteroatoms. The number of hydrogen-bond donors (Lipinski definition) is 2. The van der Waals surface area contributed by atoms with E-state index in [0.717, 1.165) is 11.4 Å². The summed E-state index contributed by atoms with van der Waals surface area (Å²) in [5, 5.41) is 2.95. The summed E-state index contributed by atoms with van der Waals surface area (Å²) in [6.45, 7) is 3.64. The topological polar surface area (TPSA) is 71.1 Å². The summed E-state index contributed by atoms with van der Waals surface area (Å²) in [4.78, 5) is 4.46. The monoisotopic (exact) mass is 291 g/mol. The molecule has 1 aromatic carbocycles. The highest BCUT2D eigenvalue weighted by Crippen LogP contribution is 2.20. The number of hydrogen-bond acceptors (Lipinski definition) is 4. The number of anilines is 2. The molecule has 0 fully saturated rings. The maximum Gasteiger partial charge on any atom is 0.261 e. The summed E-state index contributed by atoms with van der Waals surface area (Å²) in [7, 11) is -1.81. The third-order valence-electron chi connectivity index (χ3n) is 2.92. The van der Waals surface area contributed by atoms with Gasteiger partial charge in [0.05, 0.1) is 16.3 Å². The van der Waals surface area contributed by atoms with Crippen LogP contribution >= 0.6 is 0 Å². The fraction of sp³-hybridized carbons (Fsp3) is 0.214. The number of aryl methyl sites for hydroxylation is 2. The van der Waals surface area contributed by atoms with Crippen molar-refractivity contribution < 1.29 is 8.42 Å². The van der Waals surface area contributed by atoms with E-state index in [2.05, 4.69) is 15.0 Å². The van der Waals surface area contributed by atoms with Gasteiger partial charge in [-0.3, -0.25) is 9.71 Å². The lowest BCUT2D eigenvalue weighted by Gasteiger charge is -2.11. The van der Waals surface area contributed by atoms with Gasteiger partial charge in [-0.05, 0) is 50.2 Å².